The molecule has 0 atom stereocenters. The van der Waals surface area contributed by atoms with Crippen LogP contribution in [0.1, 0.15) is 28.9 Å². The van der Waals surface area contributed by atoms with E-state index in [9.17, 15) is 4.79 Å². The molecule has 2 aliphatic heterocycles. The van der Waals surface area contributed by atoms with Crippen molar-refractivity contribution in [3.05, 3.63) is 47.9 Å². The normalized spacial score (nSPS) is 18.2. The van der Waals surface area contributed by atoms with Gasteiger partial charge in [-0.15, -0.1) is 0 Å². The van der Waals surface area contributed by atoms with Crippen LogP contribution in [0.2, 0.25) is 0 Å². The van der Waals surface area contributed by atoms with Crippen LogP contribution in [0.4, 0.5) is 5.82 Å². The fourth-order valence-corrected chi connectivity index (χ4v) is 3.52. The number of nitrogens with one attached hydrogen (secondary N) is 1. The summed E-state index contributed by atoms with van der Waals surface area (Å²) in [5, 5.41) is 2.89. The molecule has 0 radical (unpaired) electrons. The minimum Gasteiger partial charge on any atom is -0.497 e. The number of anilines is 1. The average Bonchev–Trinajstić information content (AvgIpc) is 3.21. The van der Waals surface area contributed by atoms with E-state index in [1.54, 1.807) is 13.2 Å². The molecule has 1 aromatic carbocycles. The molecule has 0 saturated carbocycles. The van der Waals surface area contributed by atoms with Gasteiger partial charge in [-0.25, -0.2) is 9.97 Å². The van der Waals surface area contributed by atoms with Crippen molar-refractivity contribution in [3.8, 4) is 5.75 Å². The summed E-state index contributed by atoms with van der Waals surface area (Å²) in [7, 11) is 1.62. The molecule has 0 aliphatic carbocycles. The Morgan fingerprint density at radius 1 is 1.18 bits per heavy atom. The monoisotopic (exact) mass is 384 g/mol. The van der Waals surface area contributed by atoms with Crippen LogP contribution in [0.5, 0.6) is 5.75 Å². The average molecular weight is 384 g/mol. The number of aromatic nitrogens is 2. The van der Waals surface area contributed by atoms with Gasteiger partial charge in [0.2, 0.25) is 0 Å². The predicted molar refractivity (Wildman–Crippen MR) is 102 cm³/mol. The van der Waals surface area contributed by atoms with Gasteiger partial charge >= 0.3 is 0 Å². The predicted octanol–water partition coefficient (Wildman–Crippen LogP) is 1.76. The maximum Gasteiger partial charge on any atom is 0.270 e. The first-order valence-electron chi connectivity index (χ1n) is 9.43. The van der Waals surface area contributed by atoms with Crippen LogP contribution in [-0.4, -0.2) is 55.1 Å². The van der Waals surface area contributed by atoms with Crippen molar-refractivity contribution in [1.82, 2.24) is 15.3 Å². The fraction of sp³-hybridized carbons (Fsp3) is 0.450. The van der Waals surface area contributed by atoms with Crippen LogP contribution in [0.15, 0.2) is 36.7 Å². The number of piperidine rings is 1. The van der Waals surface area contributed by atoms with Crippen LogP contribution < -0.4 is 15.0 Å². The lowest BCUT2D eigenvalue weighted by atomic mass is 10.0. The van der Waals surface area contributed by atoms with Gasteiger partial charge < -0.3 is 24.4 Å². The van der Waals surface area contributed by atoms with E-state index in [0.717, 1.165) is 43.1 Å². The van der Waals surface area contributed by atoms with E-state index in [0.29, 0.717) is 25.5 Å². The first-order valence-corrected chi connectivity index (χ1v) is 9.43. The SMILES string of the molecule is COc1ccc(CNC(=O)c2cc(N3CCC4(CC3)OCCO4)ncn2)cc1. The zero-order chi connectivity index (χ0) is 19.4. The Hall–Kier alpha value is -2.71. The van der Waals surface area contributed by atoms with Gasteiger partial charge in [-0.1, -0.05) is 12.1 Å². The molecule has 8 nitrogen and oxygen atoms in total. The number of hydrogen-bond donors (Lipinski definition) is 1. The second-order valence-corrected chi connectivity index (χ2v) is 6.89. The molecule has 1 N–H and O–H groups in total. The molecule has 2 fully saturated rings. The lowest BCUT2D eigenvalue weighted by Crippen LogP contribution is -2.45. The Morgan fingerprint density at radius 2 is 1.89 bits per heavy atom. The number of methoxy groups -OCH3 is 1. The van der Waals surface area contributed by atoms with Crippen LogP contribution in [0.3, 0.4) is 0 Å². The number of rotatable bonds is 5. The van der Waals surface area contributed by atoms with Gasteiger partial charge in [0.1, 0.15) is 23.6 Å². The molecule has 2 saturated heterocycles. The number of benzene rings is 1. The van der Waals surface area contributed by atoms with Gasteiger partial charge in [0, 0.05) is 38.5 Å². The van der Waals surface area contributed by atoms with Gasteiger partial charge in [-0.3, -0.25) is 4.79 Å². The molecule has 1 aromatic heterocycles. The molecule has 4 rings (SSSR count). The highest BCUT2D eigenvalue weighted by Crippen LogP contribution is 2.32. The van der Waals surface area contributed by atoms with Crippen molar-refractivity contribution in [2.45, 2.75) is 25.2 Å². The Kier molecular flexibility index (Phi) is 5.40. The molecule has 0 bridgehead atoms. The number of hydrogen-bond acceptors (Lipinski definition) is 7. The molecule has 1 spiro atoms. The summed E-state index contributed by atoms with van der Waals surface area (Å²) in [5.41, 5.74) is 1.34. The lowest BCUT2D eigenvalue weighted by Gasteiger charge is -2.38. The van der Waals surface area contributed by atoms with Crippen molar-refractivity contribution in [2.75, 3.05) is 38.3 Å². The third-order valence-electron chi connectivity index (χ3n) is 5.16. The van der Waals surface area contributed by atoms with Crippen LogP contribution >= 0.6 is 0 Å². The van der Waals surface area contributed by atoms with Crippen LogP contribution in [0.25, 0.3) is 0 Å². The smallest absolute Gasteiger partial charge is 0.270 e. The first-order chi connectivity index (χ1) is 13.7. The maximum atomic E-state index is 12.5. The number of ether oxygens (including phenoxy) is 3. The third-order valence-corrected chi connectivity index (χ3v) is 5.16. The Balaban J connectivity index is 1.35. The molecule has 148 valence electrons. The van der Waals surface area contributed by atoms with Gasteiger partial charge in [-0.2, -0.15) is 0 Å². The Labute approximate surface area is 163 Å². The summed E-state index contributed by atoms with van der Waals surface area (Å²) < 4.78 is 16.7. The van der Waals surface area contributed by atoms with Gasteiger partial charge in [0.05, 0.1) is 20.3 Å². The quantitative estimate of drug-likeness (QED) is 0.841. The Bertz CT molecular complexity index is 811. The molecular formula is C20H24N4O4. The zero-order valence-corrected chi connectivity index (χ0v) is 15.9. The minimum absolute atomic E-state index is 0.226. The molecule has 28 heavy (non-hydrogen) atoms. The minimum atomic E-state index is -0.428. The van der Waals surface area contributed by atoms with Crippen molar-refractivity contribution in [3.63, 3.8) is 0 Å². The molecular weight excluding hydrogens is 360 g/mol. The summed E-state index contributed by atoms with van der Waals surface area (Å²) in [4.78, 5) is 23.1. The number of nitrogens with zero attached hydrogens (tertiary/aromatic N) is 3. The molecule has 1 amide bonds. The number of carbonyl (C=O) groups excluding carboxylic acids is 1. The lowest BCUT2D eigenvalue weighted by molar-refractivity contribution is -0.169. The molecule has 2 aliphatic rings. The van der Waals surface area contributed by atoms with E-state index in [2.05, 4.69) is 20.2 Å². The highest BCUT2D eigenvalue weighted by atomic mass is 16.7. The van der Waals surface area contributed by atoms with Gasteiger partial charge in [0.15, 0.2) is 5.79 Å². The first kappa shape index (κ1) is 18.6. The fourth-order valence-electron chi connectivity index (χ4n) is 3.52. The van der Waals surface area contributed by atoms with Gasteiger partial charge in [0.25, 0.3) is 5.91 Å². The molecule has 8 heteroatoms. The number of amides is 1. The second-order valence-electron chi connectivity index (χ2n) is 6.89. The van der Waals surface area contributed by atoms with Crippen molar-refractivity contribution in [1.29, 1.82) is 0 Å². The summed E-state index contributed by atoms with van der Waals surface area (Å²) in [5.74, 6) is 0.877. The maximum absolute atomic E-state index is 12.5. The zero-order valence-electron chi connectivity index (χ0n) is 15.9. The van der Waals surface area contributed by atoms with E-state index in [1.165, 1.54) is 6.33 Å². The topological polar surface area (TPSA) is 85.8 Å². The molecule has 3 heterocycles. The van der Waals surface area contributed by atoms with E-state index in [1.807, 2.05) is 24.3 Å². The van der Waals surface area contributed by atoms with Crippen molar-refractivity contribution >= 4 is 11.7 Å². The Morgan fingerprint density at radius 3 is 2.57 bits per heavy atom. The van der Waals surface area contributed by atoms with Crippen LogP contribution in [-0.2, 0) is 16.0 Å². The standard InChI is InChI=1S/C20H24N4O4/c1-26-16-4-2-15(3-5-16)13-21-19(25)17-12-18(23-14-22-17)24-8-6-20(7-9-24)27-10-11-28-20/h2-5,12,14H,6-11,13H2,1H3,(H,21,25). The van der Waals surface area contributed by atoms with E-state index in [4.69, 9.17) is 14.2 Å². The highest BCUT2D eigenvalue weighted by Gasteiger charge is 2.40. The summed E-state index contributed by atoms with van der Waals surface area (Å²) in [6, 6.07) is 9.30. The highest BCUT2D eigenvalue weighted by molar-refractivity contribution is 5.92. The largest absolute Gasteiger partial charge is 0.497 e. The van der Waals surface area contributed by atoms with E-state index < -0.39 is 5.79 Å². The summed E-state index contributed by atoms with van der Waals surface area (Å²) in [6.07, 6.45) is 3.01. The van der Waals surface area contributed by atoms with Crippen LogP contribution in [0, 0.1) is 0 Å². The van der Waals surface area contributed by atoms with Gasteiger partial charge in [-0.05, 0) is 17.7 Å². The van der Waals surface area contributed by atoms with Crippen molar-refractivity contribution < 1.29 is 19.0 Å². The third kappa shape index (κ3) is 4.07. The van der Waals surface area contributed by atoms with Crippen molar-refractivity contribution in [2.24, 2.45) is 0 Å². The van der Waals surface area contributed by atoms with E-state index in [-0.39, 0.29) is 5.91 Å². The second kappa shape index (κ2) is 8.12. The molecule has 2 aromatic rings. The van der Waals surface area contributed by atoms with E-state index >= 15 is 0 Å². The summed E-state index contributed by atoms with van der Waals surface area (Å²) >= 11 is 0. The number of carbonyl (C=O) groups is 1. The summed E-state index contributed by atoms with van der Waals surface area (Å²) in [6.45, 7) is 3.27. The molecule has 0 unspecified atom stereocenters.